The molecule has 136 valence electrons. The van der Waals surface area contributed by atoms with Gasteiger partial charge >= 0.3 is 6.61 Å². The number of likely N-dealkylation sites (tertiary alicyclic amines) is 1. The van der Waals surface area contributed by atoms with Crippen molar-refractivity contribution in [2.75, 3.05) is 20.2 Å². The minimum absolute atomic E-state index is 0.0731. The molecule has 0 radical (unpaired) electrons. The zero-order valence-corrected chi connectivity index (χ0v) is 14.4. The summed E-state index contributed by atoms with van der Waals surface area (Å²) in [5.74, 6) is 1.82. The Morgan fingerprint density at radius 1 is 1.24 bits per heavy atom. The summed E-state index contributed by atoms with van der Waals surface area (Å²) >= 11 is 0. The van der Waals surface area contributed by atoms with Crippen molar-refractivity contribution in [3.8, 4) is 11.5 Å². The normalized spacial score (nSPS) is 16.4. The van der Waals surface area contributed by atoms with Gasteiger partial charge < -0.3 is 14.0 Å². The largest absolute Gasteiger partial charge is 0.493 e. The minimum atomic E-state index is -2.87. The monoisotopic (exact) mass is 352 g/mol. The van der Waals surface area contributed by atoms with E-state index in [0.717, 1.165) is 37.3 Å². The lowest BCUT2D eigenvalue weighted by Crippen LogP contribution is -2.33. The molecule has 0 unspecified atom stereocenters. The van der Waals surface area contributed by atoms with Crippen LogP contribution in [0.15, 0.2) is 24.5 Å². The maximum absolute atomic E-state index is 12.5. The lowest BCUT2D eigenvalue weighted by molar-refractivity contribution is -0.0512. The summed E-state index contributed by atoms with van der Waals surface area (Å²) < 4.78 is 36.7. The molecule has 1 aromatic carbocycles. The van der Waals surface area contributed by atoms with Gasteiger partial charge in [0.05, 0.1) is 7.11 Å². The first-order chi connectivity index (χ1) is 12.1. The first-order valence-electron chi connectivity index (χ1n) is 8.24. The van der Waals surface area contributed by atoms with E-state index >= 15 is 0 Å². The van der Waals surface area contributed by atoms with E-state index in [1.165, 1.54) is 7.11 Å². The van der Waals surface area contributed by atoms with Crippen LogP contribution in [0.4, 0.5) is 8.78 Å². The van der Waals surface area contributed by atoms with Gasteiger partial charge in [0.15, 0.2) is 11.5 Å². The highest BCUT2D eigenvalue weighted by atomic mass is 19.3. The summed E-state index contributed by atoms with van der Waals surface area (Å²) in [6.45, 7) is -0.329. The molecule has 1 aliphatic heterocycles. The Labute approximate surface area is 145 Å². The molecule has 2 aromatic rings. The summed E-state index contributed by atoms with van der Waals surface area (Å²) in [4.78, 5) is 2.31. The second-order valence-corrected chi connectivity index (χ2v) is 6.21. The highest BCUT2D eigenvalue weighted by Crippen LogP contribution is 2.31. The van der Waals surface area contributed by atoms with E-state index in [-0.39, 0.29) is 5.75 Å². The Balaban J connectivity index is 1.61. The minimum Gasteiger partial charge on any atom is -0.493 e. The average Bonchev–Trinajstić information content (AvgIpc) is 3.01. The molecule has 0 spiro atoms. The molecule has 1 aliphatic rings. The third-order valence-corrected chi connectivity index (χ3v) is 4.55. The quantitative estimate of drug-likeness (QED) is 0.800. The lowest BCUT2D eigenvalue weighted by atomic mass is 9.95. The van der Waals surface area contributed by atoms with Crippen molar-refractivity contribution in [2.45, 2.75) is 31.9 Å². The van der Waals surface area contributed by atoms with Crippen LogP contribution in [0.25, 0.3) is 0 Å². The smallest absolute Gasteiger partial charge is 0.387 e. The number of hydrogen-bond acceptors (Lipinski definition) is 5. The van der Waals surface area contributed by atoms with Crippen molar-refractivity contribution < 1.29 is 18.3 Å². The van der Waals surface area contributed by atoms with Crippen molar-refractivity contribution in [1.82, 2.24) is 19.7 Å². The summed E-state index contributed by atoms with van der Waals surface area (Å²) in [6.07, 6.45) is 3.73. The molecule has 3 rings (SSSR count). The Bertz CT molecular complexity index is 700. The predicted molar refractivity (Wildman–Crippen MR) is 87.9 cm³/mol. The van der Waals surface area contributed by atoms with Crippen LogP contribution in [0.1, 0.15) is 30.1 Å². The standard InChI is InChI=1S/C17H22F2N4O2/c1-22-11-20-21-16(22)13-5-7-23(8-6-13)10-12-3-4-14(24-2)15(9-12)25-17(18)19/h3-4,9,11,13,17H,5-8,10H2,1-2H3. The molecule has 6 nitrogen and oxygen atoms in total. The first kappa shape index (κ1) is 17.6. The van der Waals surface area contributed by atoms with Crippen LogP contribution >= 0.6 is 0 Å². The number of nitrogens with zero attached hydrogens (tertiary/aromatic N) is 4. The molecular weight excluding hydrogens is 330 g/mol. The maximum Gasteiger partial charge on any atom is 0.387 e. The van der Waals surface area contributed by atoms with Gasteiger partial charge in [-0.05, 0) is 43.6 Å². The number of methoxy groups -OCH3 is 1. The molecule has 0 aliphatic carbocycles. The summed E-state index contributed by atoms with van der Waals surface area (Å²) in [7, 11) is 3.40. The molecule has 25 heavy (non-hydrogen) atoms. The Kier molecular flexibility index (Phi) is 5.47. The molecule has 0 amide bonds. The Hall–Kier alpha value is -2.22. The molecule has 1 aromatic heterocycles. The Morgan fingerprint density at radius 3 is 2.60 bits per heavy atom. The van der Waals surface area contributed by atoms with Crippen LogP contribution in [0, 0.1) is 0 Å². The van der Waals surface area contributed by atoms with E-state index in [2.05, 4.69) is 19.8 Å². The second-order valence-electron chi connectivity index (χ2n) is 6.21. The van der Waals surface area contributed by atoms with Gasteiger partial charge in [0.1, 0.15) is 12.2 Å². The van der Waals surface area contributed by atoms with Gasteiger partial charge in [0.2, 0.25) is 0 Å². The summed E-state index contributed by atoms with van der Waals surface area (Å²) in [5.41, 5.74) is 0.925. The van der Waals surface area contributed by atoms with Crippen LogP contribution in [-0.2, 0) is 13.6 Å². The topological polar surface area (TPSA) is 52.4 Å². The summed E-state index contributed by atoms with van der Waals surface area (Å²) in [5, 5.41) is 8.15. The van der Waals surface area contributed by atoms with Crippen molar-refractivity contribution >= 4 is 0 Å². The van der Waals surface area contributed by atoms with Crippen LogP contribution in [-0.4, -0.2) is 46.5 Å². The maximum atomic E-state index is 12.5. The number of alkyl halides is 2. The van der Waals surface area contributed by atoms with Crippen LogP contribution in [0.3, 0.4) is 0 Å². The molecule has 0 N–H and O–H groups in total. The van der Waals surface area contributed by atoms with E-state index < -0.39 is 6.61 Å². The second kappa shape index (κ2) is 7.77. The zero-order chi connectivity index (χ0) is 17.8. The average molecular weight is 352 g/mol. The van der Waals surface area contributed by atoms with Gasteiger partial charge in [-0.3, -0.25) is 4.90 Å². The molecule has 0 atom stereocenters. The fourth-order valence-electron chi connectivity index (χ4n) is 3.28. The lowest BCUT2D eigenvalue weighted by Gasteiger charge is -2.31. The van der Waals surface area contributed by atoms with Crippen molar-refractivity contribution in [1.29, 1.82) is 0 Å². The molecule has 0 saturated carbocycles. The third-order valence-electron chi connectivity index (χ3n) is 4.55. The number of halogens is 2. The Morgan fingerprint density at radius 2 is 2.00 bits per heavy atom. The van der Waals surface area contributed by atoms with Crippen molar-refractivity contribution in [2.24, 2.45) is 7.05 Å². The van der Waals surface area contributed by atoms with E-state index in [1.807, 2.05) is 17.7 Å². The molecule has 2 heterocycles. The number of rotatable bonds is 6. The number of benzene rings is 1. The first-order valence-corrected chi connectivity index (χ1v) is 8.24. The van der Waals surface area contributed by atoms with E-state index in [1.54, 1.807) is 18.5 Å². The van der Waals surface area contributed by atoms with Crippen LogP contribution in [0.2, 0.25) is 0 Å². The molecule has 0 bridgehead atoms. The van der Waals surface area contributed by atoms with Crippen LogP contribution < -0.4 is 9.47 Å². The van der Waals surface area contributed by atoms with Gasteiger partial charge in [-0.15, -0.1) is 10.2 Å². The zero-order valence-electron chi connectivity index (χ0n) is 14.4. The van der Waals surface area contributed by atoms with E-state index in [0.29, 0.717) is 18.2 Å². The van der Waals surface area contributed by atoms with Crippen LogP contribution in [0.5, 0.6) is 11.5 Å². The van der Waals surface area contributed by atoms with Gasteiger partial charge in [-0.25, -0.2) is 0 Å². The van der Waals surface area contributed by atoms with Crippen molar-refractivity contribution in [3.05, 3.63) is 35.9 Å². The highest BCUT2D eigenvalue weighted by molar-refractivity contribution is 5.43. The number of piperidine rings is 1. The SMILES string of the molecule is COc1ccc(CN2CCC(c3nncn3C)CC2)cc1OC(F)F. The van der Waals surface area contributed by atoms with Crippen molar-refractivity contribution in [3.63, 3.8) is 0 Å². The fraction of sp³-hybridized carbons (Fsp3) is 0.529. The third kappa shape index (κ3) is 4.25. The van der Waals surface area contributed by atoms with Gasteiger partial charge in [0.25, 0.3) is 0 Å². The molecule has 1 fully saturated rings. The number of ether oxygens (including phenoxy) is 2. The predicted octanol–water partition coefficient (Wildman–Crippen LogP) is 2.80. The number of aryl methyl sites for hydroxylation is 1. The summed E-state index contributed by atoms with van der Waals surface area (Å²) in [6, 6.07) is 5.17. The molecule has 8 heteroatoms. The fourth-order valence-corrected chi connectivity index (χ4v) is 3.28. The number of hydrogen-bond donors (Lipinski definition) is 0. The van der Waals surface area contributed by atoms with Gasteiger partial charge in [-0.1, -0.05) is 6.07 Å². The van der Waals surface area contributed by atoms with Gasteiger partial charge in [0, 0.05) is 19.5 Å². The van der Waals surface area contributed by atoms with E-state index in [4.69, 9.17) is 4.74 Å². The number of aromatic nitrogens is 3. The molecule has 1 saturated heterocycles. The van der Waals surface area contributed by atoms with E-state index in [9.17, 15) is 8.78 Å². The highest BCUT2D eigenvalue weighted by Gasteiger charge is 2.24. The molecular formula is C17H22F2N4O2. The van der Waals surface area contributed by atoms with Gasteiger partial charge in [-0.2, -0.15) is 8.78 Å².